The monoisotopic (exact) mass is 253 g/mol. The Morgan fingerprint density at radius 1 is 1.41 bits per heavy atom. The Balaban J connectivity index is 2.58. The lowest BCUT2D eigenvalue weighted by Gasteiger charge is -2.07. The fraction of sp³-hybridized carbons (Fsp3) is 0.182. The molecule has 0 radical (unpaired) electrons. The topological polar surface area (TPSA) is 73.3 Å². The van der Waals surface area contributed by atoms with E-state index < -0.39 is 0 Å². The predicted octanol–water partition coefficient (Wildman–Crippen LogP) is 2.04. The number of phenolic OH excluding ortho intramolecular Hbond substituents is 1. The lowest BCUT2D eigenvalue weighted by molar-refractivity contribution is 0.413. The summed E-state index contributed by atoms with van der Waals surface area (Å²) in [6, 6.07) is 4.71. The molecule has 6 heteroatoms. The molecule has 90 valence electrons. The van der Waals surface area contributed by atoms with Crippen LogP contribution in [0.1, 0.15) is 0 Å². The number of nitrogens with zero attached hydrogens (tertiary/aromatic N) is 2. The Hall–Kier alpha value is -1.88. The molecule has 0 saturated heterocycles. The molecule has 0 atom stereocenters. The summed E-state index contributed by atoms with van der Waals surface area (Å²) < 4.78 is 6.61. The van der Waals surface area contributed by atoms with Crippen LogP contribution in [0.2, 0.25) is 5.02 Å². The molecule has 0 bridgehead atoms. The fourth-order valence-corrected chi connectivity index (χ4v) is 1.75. The predicted molar refractivity (Wildman–Crippen MR) is 66.3 cm³/mol. The summed E-state index contributed by atoms with van der Waals surface area (Å²) in [5, 5.41) is 14.4. The Bertz CT molecular complexity index is 547. The lowest BCUT2D eigenvalue weighted by Crippen LogP contribution is -1.96. The van der Waals surface area contributed by atoms with Crippen molar-refractivity contribution in [2.45, 2.75) is 0 Å². The van der Waals surface area contributed by atoms with Gasteiger partial charge >= 0.3 is 0 Å². The second-order valence-corrected chi connectivity index (χ2v) is 3.99. The highest BCUT2D eigenvalue weighted by molar-refractivity contribution is 6.32. The molecule has 0 aliphatic carbocycles. The molecule has 0 aliphatic rings. The number of aromatic nitrogens is 2. The van der Waals surface area contributed by atoms with Crippen molar-refractivity contribution >= 4 is 17.4 Å². The van der Waals surface area contributed by atoms with Crippen LogP contribution >= 0.6 is 11.6 Å². The van der Waals surface area contributed by atoms with Gasteiger partial charge in [-0.05, 0) is 6.07 Å². The van der Waals surface area contributed by atoms with Crippen LogP contribution in [0.15, 0.2) is 18.2 Å². The first-order valence-corrected chi connectivity index (χ1v) is 5.27. The zero-order chi connectivity index (χ0) is 12.6. The fourth-order valence-electron chi connectivity index (χ4n) is 1.52. The van der Waals surface area contributed by atoms with Gasteiger partial charge in [0.1, 0.15) is 17.3 Å². The van der Waals surface area contributed by atoms with Gasteiger partial charge in [-0.25, -0.2) is 0 Å². The number of halogens is 1. The number of hydrogen-bond acceptors (Lipinski definition) is 4. The molecule has 0 spiro atoms. The number of rotatable bonds is 2. The molecule has 0 amide bonds. The zero-order valence-electron chi connectivity index (χ0n) is 9.44. The number of aryl methyl sites for hydroxylation is 1. The van der Waals surface area contributed by atoms with Gasteiger partial charge in [-0.2, -0.15) is 5.10 Å². The number of hydrogen-bond donors (Lipinski definition) is 2. The molecule has 17 heavy (non-hydrogen) atoms. The normalized spacial score (nSPS) is 10.5. The van der Waals surface area contributed by atoms with Crippen LogP contribution in [0.25, 0.3) is 11.3 Å². The molecule has 0 fully saturated rings. The van der Waals surface area contributed by atoms with E-state index in [0.29, 0.717) is 27.8 Å². The molecule has 0 unspecified atom stereocenters. The number of methoxy groups -OCH3 is 1. The van der Waals surface area contributed by atoms with Crippen molar-refractivity contribution in [1.82, 2.24) is 9.78 Å². The van der Waals surface area contributed by atoms with Gasteiger partial charge in [0.25, 0.3) is 0 Å². The molecule has 1 aromatic heterocycles. The van der Waals surface area contributed by atoms with Crippen LogP contribution in [-0.4, -0.2) is 22.0 Å². The Morgan fingerprint density at radius 2 is 2.12 bits per heavy atom. The number of anilines is 1. The van der Waals surface area contributed by atoms with Gasteiger partial charge in [0.15, 0.2) is 0 Å². The Kier molecular flexibility index (Phi) is 2.85. The van der Waals surface area contributed by atoms with E-state index in [4.69, 9.17) is 22.1 Å². The molecular formula is C11H12ClN3O2. The number of aromatic hydroxyl groups is 1. The van der Waals surface area contributed by atoms with E-state index in [-0.39, 0.29) is 5.75 Å². The van der Waals surface area contributed by atoms with Crippen LogP contribution < -0.4 is 10.5 Å². The largest absolute Gasteiger partial charge is 0.507 e. The van der Waals surface area contributed by atoms with Crippen molar-refractivity contribution in [2.75, 3.05) is 12.8 Å². The van der Waals surface area contributed by atoms with E-state index in [1.54, 1.807) is 19.2 Å². The third kappa shape index (κ3) is 2.01. The Morgan fingerprint density at radius 3 is 2.65 bits per heavy atom. The highest BCUT2D eigenvalue weighted by atomic mass is 35.5. The van der Waals surface area contributed by atoms with Gasteiger partial charge in [0.2, 0.25) is 0 Å². The molecular weight excluding hydrogens is 242 g/mol. The third-order valence-electron chi connectivity index (χ3n) is 2.46. The third-order valence-corrected chi connectivity index (χ3v) is 2.76. The smallest absolute Gasteiger partial charge is 0.138 e. The molecule has 1 heterocycles. The van der Waals surface area contributed by atoms with Crippen molar-refractivity contribution in [3.63, 3.8) is 0 Å². The number of phenols is 1. The van der Waals surface area contributed by atoms with E-state index in [1.165, 1.54) is 17.9 Å². The summed E-state index contributed by atoms with van der Waals surface area (Å²) in [6.45, 7) is 0. The summed E-state index contributed by atoms with van der Waals surface area (Å²) in [6.07, 6.45) is 0. The summed E-state index contributed by atoms with van der Waals surface area (Å²) in [4.78, 5) is 0. The summed E-state index contributed by atoms with van der Waals surface area (Å²) in [5.74, 6) is 1.02. The van der Waals surface area contributed by atoms with Crippen molar-refractivity contribution in [2.24, 2.45) is 7.05 Å². The van der Waals surface area contributed by atoms with Gasteiger partial charge in [-0.1, -0.05) is 11.6 Å². The van der Waals surface area contributed by atoms with Crippen molar-refractivity contribution in [3.05, 3.63) is 23.2 Å². The van der Waals surface area contributed by atoms with E-state index in [9.17, 15) is 5.11 Å². The van der Waals surface area contributed by atoms with Crippen LogP contribution in [-0.2, 0) is 7.05 Å². The summed E-state index contributed by atoms with van der Waals surface area (Å²) in [5.41, 5.74) is 6.78. The zero-order valence-corrected chi connectivity index (χ0v) is 10.2. The van der Waals surface area contributed by atoms with Crippen LogP contribution in [0.3, 0.4) is 0 Å². The maximum absolute atomic E-state index is 9.83. The van der Waals surface area contributed by atoms with Crippen molar-refractivity contribution in [1.29, 1.82) is 0 Å². The van der Waals surface area contributed by atoms with Crippen LogP contribution in [0.5, 0.6) is 11.5 Å². The quantitative estimate of drug-likeness (QED) is 0.859. The minimum Gasteiger partial charge on any atom is -0.507 e. The van der Waals surface area contributed by atoms with Gasteiger partial charge in [0, 0.05) is 24.7 Å². The van der Waals surface area contributed by atoms with Crippen molar-refractivity contribution < 1.29 is 9.84 Å². The maximum atomic E-state index is 9.83. The molecule has 1 aromatic carbocycles. The summed E-state index contributed by atoms with van der Waals surface area (Å²) >= 11 is 5.89. The average molecular weight is 254 g/mol. The number of nitrogen functional groups attached to an aromatic ring is 1. The van der Waals surface area contributed by atoms with E-state index >= 15 is 0 Å². The Labute approximate surface area is 103 Å². The first-order valence-electron chi connectivity index (χ1n) is 4.89. The second-order valence-electron chi connectivity index (χ2n) is 3.58. The SMILES string of the molecule is COc1cc(-c2cc(N)n(C)n2)c(O)cc1Cl. The molecule has 0 saturated carbocycles. The lowest BCUT2D eigenvalue weighted by atomic mass is 10.1. The second kappa shape index (κ2) is 4.18. The maximum Gasteiger partial charge on any atom is 0.138 e. The molecule has 3 N–H and O–H groups in total. The highest BCUT2D eigenvalue weighted by Crippen LogP contribution is 2.37. The number of benzene rings is 1. The van der Waals surface area contributed by atoms with Gasteiger partial charge in [0.05, 0.1) is 17.8 Å². The van der Waals surface area contributed by atoms with Crippen LogP contribution in [0.4, 0.5) is 5.82 Å². The van der Waals surface area contributed by atoms with Crippen molar-refractivity contribution in [3.8, 4) is 22.8 Å². The molecule has 5 nitrogen and oxygen atoms in total. The average Bonchev–Trinajstić information content (AvgIpc) is 2.59. The summed E-state index contributed by atoms with van der Waals surface area (Å²) in [7, 11) is 3.23. The van der Waals surface area contributed by atoms with E-state index in [2.05, 4.69) is 5.10 Å². The van der Waals surface area contributed by atoms with E-state index in [1.807, 2.05) is 0 Å². The van der Waals surface area contributed by atoms with E-state index in [0.717, 1.165) is 0 Å². The number of nitrogens with two attached hydrogens (primary N) is 1. The molecule has 0 aliphatic heterocycles. The molecule has 2 aromatic rings. The minimum atomic E-state index is 0.0360. The van der Waals surface area contributed by atoms with Gasteiger partial charge in [-0.3, -0.25) is 4.68 Å². The first-order chi connectivity index (χ1) is 8.02. The minimum absolute atomic E-state index is 0.0360. The highest BCUT2D eigenvalue weighted by Gasteiger charge is 2.13. The van der Waals surface area contributed by atoms with Gasteiger partial charge in [-0.15, -0.1) is 0 Å². The van der Waals surface area contributed by atoms with Crippen LogP contribution in [0, 0.1) is 0 Å². The van der Waals surface area contributed by atoms with Gasteiger partial charge < -0.3 is 15.6 Å². The standard InChI is InChI=1S/C11H12ClN3O2/c1-15-11(13)5-8(14-15)6-3-10(17-2)7(12)4-9(6)16/h3-5,16H,13H2,1-2H3. The number of ether oxygens (including phenoxy) is 1. The molecule has 2 rings (SSSR count). The first kappa shape index (κ1) is 11.6.